The molecule has 0 aliphatic carbocycles. The van der Waals surface area contributed by atoms with Gasteiger partial charge in [-0.2, -0.15) is 0 Å². The fourth-order valence-corrected chi connectivity index (χ4v) is 2.12. The Bertz CT molecular complexity index is 270. The zero-order valence-corrected chi connectivity index (χ0v) is 11.6. The van der Waals surface area contributed by atoms with Crippen molar-refractivity contribution in [1.82, 2.24) is 4.90 Å². The van der Waals surface area contributed by atoms with Crippen molar-refractivity contribution in [3.05, 3.63) is 0 Å². The molecule has 1 aliphatic heterocycles. The maximum Gasteiger partial charge on any atom is 0.410 e. The van der Waals surface area contributed by atoms with E-state index in [9.17, 15) is 9.90 Å². The number of nitrogens with zero attached hydrogens (tertiary/aromatic N) is 1. The number of amides is 1. The second kappa shape index (κ2) is 5.25. The molecule has 1 amide bonds. The van der Waals surface area contributed by atoms with E-state index in [1.165, 1.54) is 0 Å². The molecule has 1 rings (SSSR count). The molecule has 0 aromatic carbocycles. The molecule has 0 unspecified atom stereocenters. The van der Waals surface area contributed by atoms with E-state index in [1.54, 1.807) is 4.90 Å². The van der Waals surface area contributed by atoms with E-state index in [0.717, 1.165) is 0 Å². The molecule has 0 spiro atoms. The number of aliphatic hydroxyl groups excluding tert-OH is 1. The molecule has 1 saturated heterocycles. The molecule has 100 valence electrons. The third-order valence-electron chi connectivity index (χ3n) is 3.13. The Morgan fingerprint density at radius 2 is 2.00 bits per heavy atom. The van der Waals surface area contributed by atoms with Crippen LogP contribution in [0.2, 0.25) is 0 Å². The predicted molar refractivity (Wildman–Crippen MR) is 66.8 cm³/mol. The number of carbonyl (C=O) groups is 1. The van der Waals surface area contributed by atoms with E-state index in [1.807, 2.05) is 20.8 Å². The third-order valence-corrected chi connectivity index (χ3v) is 3.13. The second-order valence-corrected chi connectivity index (χ2v) is 6.19. The van der Waals surface area contributed by atoms with Gasteiger partial charge in [-0.1, -0.05) is 13.8 Å². The third kappa shape index (κ3) is 4.19. The van der Waals surface area contributed by atoms with Gasteiger partial charge >= 0.3 is 6.09 Å². The van der Waals surface area contributed by atoms with E-state index in [4.69, 9.17) is 4.74 Å². The van der Waals surface area contributed by atoms with Crippen LogP contribution in [0.25, 0.3) is 0 Å². The Labute approximate surface area is 104 Å². The maximum absolute atomic E-state index is 11.9. The highest BCUT2D eigenvalue weighted by Crippen LogP contribution is 2.25. The van der Waals surface area contributed by atoms with Crippen LogP contribution < -0.4 is 0 Å². The van der Waals surface area contributed by atoms with Gasteiger partial charge < -0.3 is 14.7 Å². The van der Waals surface area contributed by atoms with Gasteiger partial charge in [-0.25, -0.2) is 4.79 Å². The molecule has 1 heterocycles. The van der Waals surface area contributed by atoms with E-state index < -0.39 is 5.60 Å². The van der Waals surface area contributed by atoms with Crippen molar-refractivity contribution >= 4 is 6.09 Å². The number of hydrogen-bond acceptors (Lipinski definition) is 3. The Hall–Kier alpha value is -0.770. The lowest BCUT2D eigenvalue weighted by atomic mass is 9.85. The second-order valence-electron chi connectivity index (χ2n) is 6.19. The Kier molecular flexibility index (Phi) is 4.42. The normalized spacial score (nSPS) is 26.2. The summed E-state index contributed by atoms with van der Waals surface area (Å²) in [4.78, 5) is 13.6. The molecule has 0 aromatic rings. The number of rotatable bonds is 1. The number of carbonyl (C=O) groups excluding carboxylic acids is 1. The molecule has 1 N–H and O–H groups in total. The number of hydrogen-bond donors (Lipinski definition) is 1. The number of aliphatic hydroxyl groups is 1. The van der Waals surface area contributed by atoms with Crippen molar-refractivity contribution in [3.63, 3.8) is 0 Å². The monoisotopic (exact) mass is 243 g/mol. The van der Waals surface area contributed by atoms with Crippen LogP contribution in [0.3, 0.4) is 0 Å². The average Bonchev–Trinajstić information content (AvgIpc) is 2.14. The summed E-state index contributed by atoms with van der Waals surface area (Å²) in [5, 5.41) is 9.89. The first-order valence-corrected chi connectivity index (χ1v) is 6.36. The Morgan fingerprint density at radius 3 is 2.47 bits per heavy atom. The van der Waals surface area contributed by atoms with E-state index in [2.05, 4.69) is 13.8 Å². The Balaban J connectivity index is 2.59. The lowest BCUT2D eigenvalue weighted by Crippen LogP contribution is -2.49. The summed E-state index contributed by atoms with van der Waals surface area (Å²) in [6.07, 6.45) is 0.0750. The number of likely N-dealkylation sites (tertiary alicyclic amines) is 1. The fourth-order valence-electron chi connectivity index (χ4n) is 2.12. The van der Waals surface area contributed by atoms with Gasteiger partial charge in [0.1, 0.15) is 5.60 Å². The highest BCUT2D eigenvalue weighted by Gasteiger charge is 2.33. The number of piperidine rings is 1. The van der Waals surface area contributed by atoms with Crippen LogP contribution in [0, 0.1) is 11.8 Å². The summed E-state index contributed by atoms with van der Waals surface area (Å²) in [5.74, 6) is 0.520. The first kappa shape index (κ1) is 14.3. The molecule has 1 aliphatic rings. The predicted octanol–water partition coefficient (Wildman–Crippen LogP) is 2.26. The molecule has 2 atom stereocenters. The molecule has 1 fully saturated rings. The van der Waals surface area contributed by atoms with Crippen molar-refractivity contribution in [2.75, 3.05) is 13.1 Å². The first-order valence-electron chi connectivity index (χ1n) is 6.36. The summed E-state index contributed by atoms with van der Waals surface area (Å²) < 4.78 is 5.35. The summed E-state index contributed by atoms with van der Waals surface area (Å²) in [6.45, 7) is 10.9. The van der Waals surface area contributed by atoms with Crippen LogP contribution >= 0.6 is 0 Å². The summed E-state index contributed by atoms with van der Waals surface area (Å²) in [5.41, 5.74) is -0.458. The summed E-state index contributed by atoms with van der Waals surface area (Å²) in [6, 6.07) is 0. The highest BCUT2D eigenvalue weighted by atomic mass is 16.6. The summed E-state index contributed by atoms with van der Waals surface area (Å²) in [7, 11) is 0. The van der Waals surface area contributed by atoms with Gasteiger partial charge in [-0.05, 0) is 33.1 Å². The van der Waals surface area contributed by atoms with E-state index in [-0.39, 0.29) is 18.1 Å². The quantitative estimate of drug-likeness (QED) is 0.768. The van der Waals surface area contributed by atoms with Crippen molar-refractivity contribution < 1.29 is 14.6 Å². The van der Waals surface area contributed by atoms with Gasteiger partial charge in [-0.15, -0.1) is 0 Å². The van der Waals surface area contributed by atoms with E-state index >= 15 is 0 Å². The Morgan fingerprint density at radius 1 is 1.41 bits per heavy atom. The van der Waals surface area contributed by atoms with Crippen molar-refractivity contribution in [2.24, 2.45) is 11.8 Å². The maximum atomic E-state index is 11.9. The minimum atomic E-state index is -0.458. The van der Waals surface area contributed by atoms with Crippen molar-refractivity contribution in [2.45, 2.75) is 52.7 Å². The van der Waals surface area contributed by atoms with E-state index in [0.29, 0.717) is 25.4 Å². The highest BCUT2D eigenvalue weighted by molar-refractivity contribution is 5.68. The van der Waals surface area contributed by atoms with Crippen LogP contribution in [-0.2, 0) is 4.74 Å². The zero-order valence-electron chi connectivity index (χ0n) is 11.6. The van der Waals surface area contributed by atoms with Crippen molar-refractivity contribution in [3.8, 4) is 0 Å². The van der Waals surface area contributed by atoms with Gasteiger partial charge in [0.25, 0.3) is 0 Å². The molecule has 17 heavy (non-hydrogen) atoms. The van der Waals surface area contributed by atoms with Gasteiger partial charge in [0.05, 0.1) is 6.10 Å². The molecule has 0 saturated carbocycles. The van der Waals surface area contributed by atoms with Gasteiger partial charge in [0.15, 0.2) is 0 Å². The van der Waals surface area contributed by atoms with Gasteiger partial charge in [0.2, 0.25) is 0 Å². The van der Waals surface area contributed by atoms with Crippen LogP contribution in [0.5, 0.6) is 0 Å². The lowest BCUT2D eigenvalue weighted by Gasteiger charge is -2.38. The van der Waals surface area contributed by atoms with Crippen LogP contribution in [0.4, 0.5) is 4.79 Å². The first-order chi connectivity index (χ1) is 7.70. The van der Waals surface area contributed by atoms with Gasteiger partial charge in [0, 0.05) is 19.0 Å². The van der Waals surface area contributed by atoms with Crippen LogP contribution in [-0.4, -0.2) is 40.9 Å². The minimum absolute atomic E-state index is 0.149. The fraction of sp³-hybridized carbons (Fsp3) is 0.923. The molecule has 4 heteroatoms. The SMILES string of the molecule is CC(C)[C@@H]1CN(C(=O)OC(C)(C)C)CC[C@H]1O. The average molecular weight is 243 g/mol. The largest absolute Gasteiger partial charge is 0.444 e. The topological polar surface area (TPSA) is 49.8 Å². The minimum Gasteiger partial charge on any atom is -0.444 e. The molecule has 4 nitrogen and oxygen atoms in total. The summed E-state index contributed by atoms with van der Waals surface area (Å²) >= 11 is 0. The van der Waals surface area contributed by atoms with Crippen LogP contribution in [0.1, 0.15) is 41.0 Å². The molecular formula is C13H25NO3. The number of ether oxygens (including phenoxy) is 1. The standard InChI is InChI=1S/C13H25NO3/c1-9(2)10-8-14(7-6-11(10)15)12(16)17-13(3,4)5/h9-11,15H,6-8H2,1-5H3/t10-,11+/m0/s1. The molecular weight excluding hydrogens is 218 g/mol. The van der Waals surface area contributed by atoms with Crippen LogP contribution in [0.15, 0.2) is 0 Å². The van der Waals surface area contributed by atoms with Gasteiger partial charge in [-0.3, -0.25) is 0 Å². The smallest absolute Gasteiger partial charge is 0.410 e. The molecule has 0 radical (unpaired) electrons. The molecule has 0 bridgehead atoms. The lowest BCUT2D eigenvalue weighted by molar-refractivity contribution is -0.0181. The zero-order chi connectivity index (χ0) is 13.2. The van der Waals surface area contributed by atoms with Crippen molar-refractivity contribution in [1.29, 1.82) is 0 Å². The molecule has 0 aromatic heterocycles.